The van der Waals surface area contributed by atoms with Gasteiger partial charge >= 0.3 is 0 Å². The van der Waals surface area contributed by atoms with Gasteiger partial charge in [-0.15, -0.1) is 0 Å². The molecule has 2 aromatic carbocycles. The number of benzene rings is 2. The van der Waals surface area contributed by atoms with Crippen molar-refractivity contribution in [2.75, 3.05) is 6.54 Å². The van der Waals surface area contributed by atoms with Crippen LogP contribution in [0.3, 0.4) is 0 Å². The number of hydrogen-bond acceptors (Lipinski definition) is 3. The zero-order valence-electron chi connectivity index (χ0n) is 16.4. The summed E-state index contributed by atoms with van der Waals surface area (Å²) in [5.74, 6) is 0.688. The molecule has 3 heterocycles. The van der Waals surface area contributed by atoms with Crippen molar-refractivity contribution in [3.8, 4) is 11.4 Å². The van der Waals surface area contributed by atoms with Crippen LogP contribution in [-0.2, 0) is 24.3 Å². The van der Waals surface area contributed by atoms with Crippen LogP contribution in [0, 0.1) is 11.7 Å². The van der Waals surface area contributed by atoms with Crippen molar-refractivity contribution < 1.29 is 4.79 Å². The predicted octanol–water partition coefficient (Wildman–Crippen LogP) is 4.64. The lowest BCUT2D eigenvalue weighted by atomic mass is 10.0. The van der Waals surface area contributed by atoms with Crippen LogP contribution in [-0.4, -0.2) is 37.1 Å². The summed E-state index contributed by atoms with van der Waals surface area (Å²) in [5.41, 5.74) is 5.46. The van der Waals surface area contributed by atoms with Crippen LogP contribution in [0.5, 0.6) is 0 Å². The summed E-state index contributed by atoms with van der Waals surface area (Å²) in [6.45, 7) is 3.40. The van der Waals surface area contributed by atoms with Crippen LogP contribution in [0.2, 0.25) is 5.02 Å². The molecule has 6 nitrogen and oxygen atoms in total. The van der Waals surface area contributed by atoms with Crippen molar-refractivity contribution in [1.82, 2.24) is 24.6 Å². The maximum Gasteiger partial charge on any atom is 0.242 e. The Morgan fingerprint density at radius 1 is 1.23 bits per heavy atom. The van der Waals surface area contributed by atoms with E-state index in [1.807, 2.05) is 54.3 Å². The van der Waals surface area contributed by atoms with E-state index in [0.717, 1.165) is 28.5 Å². The zero-order chi connectivity index (χ0) is 20.8. The van der Waals surface area contributed by atoms with Crippen LogP contribution in [0.1, 0.15) is 16.8 Å². The number of carbonyl (C=O) groups excluding carboxylic acids is 1. The lowest BCUT2D eigenvalue weighted by Gasteiger charge is -2.27. The van der Waals surface area contributed by atoms with Gasteiger partial charge in [-0.25, -0.2) is 0 Å². The standard InChI is InChI=1S/C22H20ClN5OS/c1-13-2-4-14(5-3-13)21-25-26-22(30)28(21)12-20(29)27-9-8-19-17(11-27)16-10-15(23)6-7-18(16)24-19/h2-7,10,24H,8-9,11-12H2,1H3,(H,26,30). The third-order valence-corrected chi connectivity index (χ3v) is 6.20. The van der Waals surface area contributed by atoms with Gasteiger partial charge in [-0.3, -0.25) is 14.5 Å². The van der Waals surface area contributed by atoms with Gasteiger partial charge in [0, 0.05) is 52.3 Å². The highest BCUT2D eigenvalue weighted by Crippen LogP contribution is 2.30. The first kappa shape index (κ1) is 19.1. The Labute approximate surface area is 183 Å². The molecule has 0 saturated heterocycles. The van der Waals surface area contributed by atoms with Gasteiger partial charge in [0.15, 0.2) is 10.6 Å². The quantitative estimate of drug-likeness (QED) is 0.459. The number of fused-ring (bicyclic) bond motifs is 3. The molecule has 2 aromatic heterocycles. The normalized spacial score (nSPS) is 13.6. The number of halogens is 1. The number of amides is 1. The second-order valence-electron chi connectivity index (χ2n) is 7.64. The molecule has 5 rings (SSSR count). The minimum Gasteiger partial charge on any atom is -0.358 e. The maximum atomic E-state index is 13.2. The number of hydrogen-bond donors (Lipinski definition) is 2. The fraction of sp³-hybridized carbons (Fsp3) is 0.227. The molecule has 1 aliphatic heterocycles. The predicted molar refractivity (Wildman–Crippen MR) is 120 cm³/mol. The van der Waals surface area contributed by atoms with Gasteiger partial charge in [-0.05, 0) is 37.3 Å². The van der Waals surface area contributed by atoms with E-state index in [4.69, 9.17) is 23.8 Å². The van der Waals surface area contributed by atoms with Crippen molar-refractivity contribution in [3.63, 3.8) is 0 Å². The second-order valence-corrected chi connectivity index (χ2v) is 8.46. The van der Waals surface area contributed by atoms with Gasteiger partial charge < -0.3 is 9.88 Å². The van der Waals surface area contributed by atoms with Gasteiger partial charge in [0.2, 0.25) is 5.91 Å². The molecule has 1 amide bonds. The molecule has 0 bridgehead atoms. The summed E-state index contributed by atoms with van der Waals surface area (Å²) < 4.78 is 2.21. The average Bonchev–Trinajstić information content (AvgIpc) is 3.28. The third kappa shape index (κ3) is 3.34. The summed E-state index contributed by atoms with van der Waals surface area (Å²) in [6, 6.07) is 13.8. The highest BCUT2D eigenvalue weighted by atomic mass is 35.5. The van der Waals surface area contributed by atoms with Crippen LogP contribution in [0.15, 0.2) is 42.5 Å². The summed E-state index contributed by atoms with van der Waals surface area (Å²) in [4.78, 5) is 18.5. The highest BCUT2D eigenvalue weighted by Gasteiger charge is 2.25. The van der Waals surface area contributed by atoms with Gasteiger partial charge in [0.25, 0.3) is 0 Å². The smallest absolute Gasteiger partial charge is 0.242 e. The summed E-state index contributed by atoms with van der Waals surface area (Å²) >= 11 is 11.6. The molecule has 152 valence electrons. The second kappa shape index (κ2) is 7.41. The van der Waals surface area contributed by atoms with E-state index in [9.17, 15) is 4.79 Å². The summed E-state index contributed by atoms with van der Waals surface area (Å²) in [7, 11) is 0. The molecule has 0 unspecified atom stereocenters. The first-order valence-corrected chi connectivity index (χ1v) is 10.6. The van der Waals surface area contributed by atoms with Crippen molar-refractivity contribution in [1.29, 1.82) is 0 Å². The van der Waals surface area contributed by atoms with Crippen LogP contribution in [0.25, 0.3) is 22.3 Å². The third-order valence-electron chi connectivity index (χ3n) is 5.65. The Hall–Kier alpha value is -2.90. The number of carbonyl (C=O) groups is 1. The topological polar surface area (TPSA) is 69.7 Å². The number of H-pyrrole nitrogens is 2. The fourth-order valence-electron chi connectivity index (χ4n) is 4.02. The Morgan fingerprint density at radius 2 is 2.03 bits per heavy atom. The number of aromatic amines is 2. The Bertz CT molecular complexity index is 1320. The van der Waals surface area contributed by atoms with Crippen molar-refractivity contribution in [2.45, 2.75) is 26.4 Å². The van der Waals surface area contributed by atoms with Crippen LogP contribution >= 0.6 is 23.8 Å². The molecule has 0 radical (unpaired) electrons. The van der Waals surface area contributed by atoms with Gasteiger partial charge in [-0.1, -0.05) is 41.4 Å². The first-order valence-electron chi connectivity index (χ1n) is 9.78. The van der Waals surface area contributed by atoms with Crippen LogP contribution in [0.4, 0.5) is 0 Å². The number of rotatable bonds is 3. The van der Waals surface area contributed by atoms with Crippen molar-refractivity contribution in [2.24, 2.45) is 0 Å². The minimum absolute atomic E-state index is 0.0166. The summed E-state index contributed by atoms with van der Waals surface area (Å²) in [6.07, 6.45) is 0.787. The molecule has 0 fully saturated rings. The molecule has 4 aromatic rings. The minimum atomic E-state index is 0.0166. The first-order chi connectivity index (χ1) is 14.5. The lowest BCUT2D eigenvalue weighted by Crippen LogP contribution is -2.38. The number of aromatic nitrogens is 4. The van der Waals surface area contributed by atoms with Gasteiger partial charge in [0.1, 0.15) is 6.54 Å². The molecule has 0 saturated carbocycles. The largest absolute Gasteiger partial charge is 0.358 e. The van der Waals surface area contributed by atoms with E-state index < -0.39 is 0 Å². The Morgan fingerprint density at radius 3 is 2.83 bits per heavy atom. The SMILES string of the molecule is Cc1ccc(-c2n[nH]c(=S)n2CC(=O)N2CCc3[nH]c4ccc(Cl)cc4c3C2)cc1. The molecule has 30 heavy (non-hydrogen) atoms. The van der Waals surface area contributed by atoms with E-state index in [1.165, 1.54) is 11.3 Å². The molecular weight excluding hydrogens is 418 g/mol. The fourth-order valence-corrected chi connectivity index (χ4v) is 4.39. The molecule has 0 atom stereocenters. The number of aryl methyl sites for hydroxylation is 1. The lowest BCUT2D eigenvalue weighted by molar-refractivity contribution is -0.132. The van der Waals surface area contributed by atoms with E-state index in [1.54, 1.807) is 4.57 Å². The van der Waals surface area contributed by atoms with E-state index in [-0.39, 0.29) is 12.5 Å². The van der Waals surface area contributed by atoms with Gasteiger partial charge in [0.05, 0.1) is 0 Å². The van der Waals surface area contributed by atoms with E-state index >= 15 is 0 Å². The highest BCUT2D eigenvalue weighted by molar-refractivity contribution is 7.71. The zero-order valence-corrected chi connectivity index (χ0v) is 18.0. The molecule has 2 N–H and O–H groups in total. The van der Waals surface area contributed by atoms with Crippen molar-refractivity contribution in [3.05, 3.63) is 69.1 Å². The monoisotopic (exact) mass is 437 g/mol. The van der Waals surface area contributed by atoms with Crippen molar-refractivity contribution >= 4 is 40.6 Å². The Kier molecular flexibility index (Phi) is 4.72. The number of nitrogens with one attached hydrogen (secondary N) is 2. The summed E-state index contributed by atoms with van der Waals surface area (Å²) in [5, 5.41) is 8.95. The van der Waals surface area contributed by atoms with E-state index in [2.05, 4.69) is 15.2 Å². The van der Waals surface area contributed by atoms with Gasteiger partial charge in [-0.2, -0.15) is 5.10 Å². The molecule has 0 aliphatic carbocycles. The molecular formula is C22H20ClN5OS. The maximum absolute atomic E-state index is 13.2. The van der Waals surface area contributed by atoms with Crippen LogP contribution < -0.4 is 0 Å². The van der Waals surface area contributed by atoms with E-state index in [0.29, 0.717) is 28.7 Å². The number of nitrogens with zero attached hydrogens (tertiary/aromatic N) is 3. The molecule has 1 aliphatic rings. The molecule has 8 heteroatoms. The molecule has 0 spiro atoms. The Balaban J connectivity index is 1.42. The average molecular weight is 438 g/mol.